The van der Waals surface area contributed by atoms with Gasteiger partial charge in [0, 0.05) is 32.2 Å². The highest BCUT2D eigenvalue weighted by Crippen LogP contribution is 2.37. The summed E-state index contributed by atoms with van der Waals surface area (Å²) in [5.41, 5.74) is 0.0578. The predicted octanol–water partition coefficient (Wildman–Crippen LogP) is 5.11. The maximum atomic E-state index is 12.8. The van der Waals surface area contributed by atoms with Crippen LogP contribution in [0.2, 0.25) is 5.02 Å². The summed E-state index contributed by atoms with van der Waals surface area (Å²) in [6.45, 7) is 7.26. The molecule has 24 heavy (non-hydrogen) atoms. The van der Waals surface area contributed by atoms with E-state index in [1.165, 1.54) is 6.07 Å². The highest BCUT2D eigenvalue weighted by molar-refractivity contribution is 6.31. The first kappa shape index (κ1) is 23.5. The highest BCUT2D eigenvalue weighted by atomic mass is 35.5. The first-order valence-electron chi connectivity index (χ1n) is 7.36. The van der Waals surface area contributed by atoms with Gasteiger partial charge in [-0.1, -0.05) is 23.7 Å². The van der Waals surface area contributed by atoms with Gasteiger partial charge in [-0.25, -0.2) is 0 Å². The molecule has 138 valence electrons. The molecular formula is C16H22Cl3F3N2. The van der Waals surface area contributed by atoms with Gasteiger partial charge >= 0.3 is 6.18 Å². The summed E-state index contributed by atoms with van der Waals surface area (Å²) >= 11 is 5.86. The SMILES string of the molecule is C=CCC[C@H](c1ccc(C(F)(F)F)c(Cl)c1)N1CCNCC1.Cl.Cl. The quantitative estimate of drug-likeness (QED) is 0.684. The molecular weight excluding hydrogens is 384 g/mol. The maximum absolute atomic E-state index is 12.8. The van der Waals surface area contributed by atoms with Crippen LogP contribution in [-0.4, -0.2) is 31.1 Å². The molecule has 1 heterocycles. The minimum atomic E-state index is -4.42. The van der Waals surface area contributed by atoms with E-state index >= 15 is 0 Å². The van der Waals surface area contributed by atoms with Crippen LogP contribution in [0.3, 0.4) is 0 Å². The van der Waals surface area contributed by atoms with Crippen molar-refractivity contribution in [2.75, 3.05) is 26.2 Å². The van der Waals surface area contributed by atoms with Crippen LogP contribution in [0.25, 0.3) is 0 Å². The van der Waals surface area contributed by atoms with Gasteiger partial charge in [0.1, 0.15) is 0 Å². The van der Waals surface area contributed by atoms with E-state index in [0.717, 1.165) is 50.7 Å². The largest absolute Gasteiger partial charge is 0.417 e. The lowest BCUT2D eigenvalue weighted by atomic mass is 9.98. The predicted molar refractivity (Wildman–Crippen MR) is 97.6 cm³/mol. The van der Waals surface area contributed by atoms with Crippen LogP contribution >= 0.6 is 36.4 Å². The first-order valence-corrected chi connectivity index (χ1v) is 7.73. The summed E-state index contributed by atoms with van der Waals surface area (Å²) in [6, 6.07) is 4.16. The zero-order valence-corrected chi connectivity index (χ0v) is 15.5. The van der Waals surface area contributed by atoms with Gasteiger partial charge in [0.25, 0.3) is 0 Å². The van der Waals surface area contributed by atoms with Gasteiger partial charge in [0.2, 0.25) is 0 Å². The molecule has 0 amide bonds. The summed E-state index contributed by atoms with van der Waals surface area (Å²) in [5, 5.41) is 3.05. The number of allylic oxidation sites excluding steroid dienone is 1. The van der Waals surface area contributed by atoms with E-state index < -0.39 is 11.7 Å². The lowest BCUT2D eigenvalue weighted by Crippen LogP contribution is -2.45. The van der Waals surface area contributed by atoms with E-state index in [1.807, 2.05) is 6.08 Å². The van der Waals surface area contributed by atoms with Crippen molar-refractivity contribution in [2.24, 2.45) is 0 Å². The Bertz CT molecular complexity index is 518. The van der Waals surface area contributed by atoms with Crippen molar-refractivity contribution < 1.29 is 13.2 Å². The van der Waals surface area contributed by atoms with Crippen LogP contribution < -0.4 is 5.32 Å². The molecule has 0 radical (unpaired) electrons. The van der Waals surface area contributed by atoms with Crippen molar-refractivity contribution in [3.05, 3.63) is 47.0 Å². The van der Waals surface area contributed by atoms with E-state index in [9.17, 15) is 13.2 Å². The second-order valence-electron chi connectivity index (χ2n) is 5.40. The number of hydrogen-bond donors (Lipinski definition) is 1. The maximum Gasteiger partial charge on any atom is 0.417 e. The number of alkyl halides is 3. The average Bonchev–Trinajstić information content (AvgIpc) is 2.47. The number of rotatable bonds is 5. The van der Waals surface area contributed by atoms with Crippen molar-refractivity contribution in [2.45, 2.75) is 25.1 Å². The molecule has 8 heteroatoms. The third-order valence-electron chi connectivity index (χ3n) is 3.92. The number of nitrogens with one attached hydrogen (secondary N) is 1. The van der Waals surface area contributed by atoms with E-state index in [4.69, 9.17) is 11.6 Å². The van der Waals surface area contributed by atoms with Crippen LogP contribution in [0.1, 0.15) is 30.0 Å². The standard InChI is InChI=1S/C16H20ClF3N2.2ClH/c1-2-3-4-15(22-9-7-21-8-10-22)12-5-6-13(14(17)11-12)16(18,19)20;;/h2,5-6,11,15,21H,1,3-4,7-10H2;2*1H/t15-;;/m1../s1. The normalized spacial score (nSPS) is 16.7. The molecule has 1 fully saturated rings. The molecule has 1 aliphatic rings. The van der Waals surface area contributed by atoms with Crippen molar-refractivity contribution in [3.63, 3.8) is 0 Å². The highest BCUT2D eigenvalue weighted by Gasteiger charge is 2.33. The number of piperazine rings is 1. The topological polar surface area (TPSA) is 15.3 Å². The molecule has 1 N–H and O–H groups in total. The Kier molecular flexibility index (Phi) is 10.3. The minimum absolute atomic E-state index is 0. The molecule has 1 aromatic carbocycles. The summed E-state index contributed by atoms with van der Waals surface area (Å²) in [5.74, 6) is 0. The van der Waals surface area contributed by atoms with Crippen LogP contribution in [0.15, 0.2) is 30.9 Å². The van der Waals surface area contributed by atoms with Gasteiger partial charge in [-0.15, -0.1) is 31.4 Å². The van der Waals surface area contributed by atoms with Crippen LogP contribution in [0.5, 0.6) is 0 Å². The molecule has 0 aromatic heterocycles. The Morgan fingerprint density at radius 1 is 1.25 bits per heavy atom. The van der Waals surface area contributed by atoms with Gasteiger partial charge < -0.3 is 5.32 Å². The summed E-state index contributed by atoms with van der Waals surface area (Å²) in [7, 11) is 0. The molecule has 1 saturated heterocycles. The van der Waals surface area contributed by atoms with E-state index in [1.54, 1.807) is 6.07 Å². The molecule has 2 rings (SSSR count). The van der Waals surface area contributed by atoms with Gasteiger partial charge in [-0.05, 0) is 30.5 Å². The summed E-state index contributed by atoms with van der Waals surface area (Å²) in [6.07, 6.45) is -0.944. The van der Waals surface area contributed by atoms with Crippen molar-refractivity contribution in [3.8, 4) is 0 Å². The van der Waals surface area contributed by atoms with Crippen molar-refractivity contribution in [1.29, 1.82) is 0 Å². The number of benzene rings is 1. The second kappa shape index (κ2) is 10.5. The third-order valence-corrected chi connectivity index (χ3v) is 4.23. The zero-order chi connectivity index (χ0) is 16.2. The Balaban J connectivity index is 0.00000264. The Hall–Kier alpha value is -0.460. The fraction of sp³-hybridized carbons (Fsp3) is 0.500. The Labute approximate surface area is 158 Å². The van der Waals surface area contributed by atoms with Crippen LogP contribution in [0.4, 0.5) is 13.2 Å². The van der Waals surface area contributed by atoms with Gasteiger partial charge in [-0.3, -0.25) is 4.90 Å². The monoisotopic (exact) mass is 404 g/mol. The van der Waals surface area contributed by atoms with Gasteiger partial charge in [0.05, 0.1) is 10.6 Å². The van der Waals surface area contributed by atoms with E-state index in [-0.39, 0.29) is 35.9 Å². The number of halogens is 6. The third kappa shape index (κ3) is 6.12. The summed E-state index contributed by atoms with van der Waals surface area (Å²) in [4.78, 5) is 2.29. The fourth-order valence-electron chi connectivity index (χ4n) is 2.80. The summed E-state index contributed by atoms with van der Waals surface area (Å²) < 4.78 is 38.5. The van der Waals surface area contributed by atoms with Crippen LogP contribution in [-0.2, 0) is 6.18 Å². The fourth-order valence-corrected chi connectivity index (χ4v) is 3.09. The number of hydrogen-bond acceptors (Lipinski definition) is 2. The average molecular weight is 406 g/mol. The second-order valence-corrected chi connectivity index (χ2v) is 5.81. The molecule has 0 unspecified atom stereocenters. The van der Waals surface area contributed by atoms with Crippen molar-refractivity contribution in [1.82, 2.24) is 10.2 Å². The van der Waals surface area contributed by atoms with Crippen LogP contribution in [0, 0.1) is 0 Å². The lowest BCUT2D eigenvalue weighted by Gasteiger charge is -2.35. The molecule has 0 saturated carbocycles. The Morgan fingerprint density at radius 3 is 2.38 bits per heavy atom. The molecule has 1 aromatic rings. The van der Waals surface area contributed by atoms with Crippen molar-refractivity contribution >= 4 is 36.4 Å². The van der Waals surface area contributed by atoms with Gasteiger partial charge in [-0.2, -0.15) is 13.2 Å². The molecule has 2 nitrogen and oxygen atoms in total. The van der Waals surface area contributed by atoms with E-state index in [2.05, 4.69) is 16.8 Å². The molecule has 1 aliphatic heterocycles. The molecule has 1 atom stereocenters. The minimum Gasteiger partial charge on any atom is -0.314 e. The number of nitrogens with zero attached hydrogens (tertiary/aromatic N) is 1. The first-order chi connectivity index (χ1) is 10.4. The lowest BCUT2D eigenvalue weighted by molar-refractivity contribution is -0.137. The van der Waals surface area contributed by atoms with E-state index in [0.29, 0.717) is 0 Å². The molecule has 0 aliphatic carbocycles. The smallest absolute Gasteiger partial charge is 0.314 e. The van der Waals surface area contributed by atoms with Gasteiger partial charge in [0.15, 0.2) is 0 Å². The Morgan fingerprint density at radius 2 is 1.88 bits per heavy atom. The zero-order valence-electron chi connectivity index (χ0n) is 13.1. The molecule has 0 bridgehead atoms. The molecule has 0 spiro atoms.